The van der Waals surface area contributed by atoms with Crippen molar-refractivity contribution >= 4 is 16.1 Å². The molecule has 0 spiro atoms. The highest BCUT2D eigenvalue weighted by Crippen LogP contribution is 2.24. The van der Waals surface area contributed by atoms with Crippen molar-refractivity contribution in [3.05, 3.63) is 50.7 Å². The molecule has 6 nitrogen and oxygen atoms in total. The molecule has 1 heterocycles. The number of nitrogens with one attached hydrogen (secondary N) is 2. The maximum Gasteiger partial charge on any atom is 0.315 e. The second kappa shape index (κ2) is 12.3. The summed E-state index contributed by atoms with van der Waals surface area (Å²) in [6.07, 6.45) is 8.76. The average molecular weight is 435 g/mol. The fourth-order valence-corrected chi connectivity index (χ4v) is 5.47. The molecule has 2 amide bonds. The van der Waals surface area contributed by atoms with Gasteiger partial charge in [-0.15, -0.1) is 0 Å². The molecule has 2 fully saturated rings. The summed E-state index contributed by atoms with van der Waals surface area (Å²) in [6.45, 7) is 3.39. The largest absolute Gasteiger partial charge is 0.338 e. The van der Waals surface area contributed by atoms with E-state index in [4.69, 9.17) is 0 Å². The average Bonchev–Trinajstić information content (AvgIpc) is 3.12. The number of sulfonamides is 1. The summed E-state index contributed by atoms with van der Waals surface area (Å²) in [5.74, 6) is 0.147. The summed E-state index contributed by atoms with van der Waals surface area (Å²) >= 11 is 0. The first-order valence-corrected chi connectivity index (χ1v) is 11.9. The van der Waals surface area contributed by atoms with Crippen LogP contribution in [-0.2, 0) is 10.0 Å². The first-order valence-electron chi connectivity index (χ1n) is 10.4. The van der Waals surface area contributed by atoms with Gasteiger partial charge in [0.2, 0.25) is 10.0 Å². The summed E-state index contributed by atoms with van der Waals surface area (Å²) in [4.78, 5) is 12.6. The minimum atomic E-state index is -3.46. The lowest BCUT2D eigenvalue weighted by Crippen LogP contribution is -2.41. The number of hydrogen-bond acceptors (Lipinski definition) is 3. The molecule has 30 heavy (non-hydrogen) atoms. The predicted molar refractivity (Wildman–Crippen MR) is 121 cm³/mol. The van der Waals surface area contributed by atoms with Crippen LogP contribution in [0.25, 0.3) is 0 Å². The molecule has 2 aliphatic rings. The normalized spacial score (nSPS) is 20.9. The van der Waals surface area contributed by atoms with Crippen molar-refractivity contribution in [1.82, 2.24) is 14.9 Å². The summed E-state index contributed by atoms with van der Waals surface area (Å²) in [6, 6.07) is 7.94. The number of rotatable bonds is 5. The molecule has 1 aliphatic carbocycles. The van der Waals surface area contributed by atoms with Crippen molar-refractivity contribution < 1.29 is 13.2 Å². The molecule has 1 saturated heterocycles. The van der Waals surface area contributed by atoms with Crippen LogP contribution in [0.5, 0.6) is 0 Å². The molecule has 1 aliphatic heterocycles. The van der Waals surface area contributed by atoms with E-state index in [1.807, 2.05) is 19.1 Å². The Bertz CT molecular complexity index is 741. The van der Waals surface area contributed by atoms with Crippen LogP contribution >= 0.6 is 0 Å². The smallest absolute Gasteiger partial charge is 0.315 e. The highest BCUT2D eigenvalue weighted by atomic mass is 32.2. The number of urea groups is 1. The maximum atomic E-state index is 12.8. The Morgan fingerprint density at radius 2 is 1.63 bits per heavy atom. The van der Waals surface area contributed by atoms with Crippen LogP contribution in [0.4, 0.5) is 4.79 Å². The number of aryl methyl sites for hydroxylation is 1. The SMILES string of the molecule is Cc1ccc(S(=O)(=O)N2CCC(CNC(=O)N[C]3CCCCCCC3)C2)cc1.[CH2].[CH2]. The highest BCUT2D eigenvalue weighted by molar-refractivity contribution is 7.89. The van der Waals surface area contributed by atoms with Gasteiger partial charge in [-0.25, -0.2) is 13.2 Å². The van der Waals surface area contributed by atoms with E-state index in [0.29, 0.717) is 24.5 Å². The molecule has 1 unspecified atom stereocenters. The molecule has 167 valence electrons. The second-order valence-corrected chi connectivity index (χ2v) is 9.98. The van der Waals surface area contributed by atoms with Gasteiger partial charge in [-0.05, 0) is 44.2 Å². The van der Waals surface area contributed by atoms with E-state index >= 15 is 0 Å². The summed E-state index contributed by atoms with van der Waals surface area (Å²) in [5, 5.41) is 5.95. The third kappa shape index (κ3) is 7.27. The number of carbonyl (C=O) groups is 1. The molecule has 1 saturated carbocycles. The van der Waals surface area contributed by atoms with Crippen molar-refractivity contribution in [3.8, 4) is 0 Å². The van der Waals surface area contributed by atoms with Gasteiger partial charge in [-0.3, -0.25) is 0 Å². The lowest BCUT2D eigenvalue weighted by atomic mass is 9.97. The van der Waals surface area contributed by atoms with E-state index in [-0.39, 0.29) is 26.8 Å². The van der Waals surface area contributed by atoms with Crippen LogP contribution in [0.1, 0.15) is 56.9 Å². The second-order valence-electron chi connectivity index (χ2n) is 8.04. The van der Waals surface area contributed by atoms with Gasteiger partial charge in [0.25, 0.3) is 0 Å². The zero-order valence-corrected chi connectivity index (χ0v) is 19.0. The fraction of sp³-hybridized carbons (Fsp3) is 0.565. The van der Waals surface area contributed by atoms with E-state index < -0.39 is 10.0 Å². The summed E-state index contributed by atoms with van der Waals surface area (Å²) in [5.41, 5.74) is 1.04. The Kier molecular flexibility index (Phi) is 10.8. The van der Waals surface area contributed by atoms with Crippen molar-refractivity contribution in [3.63, 3.8) is 0 Å². The molecule has 2 N–H and O–H groups in total. The van der Waals surface area contributed by atoms with Gasteiger partial charge in [-0.2, -0.15) is 4.31 Å². The zero-order valence-electron chi connectivity index (χ0n) is 18.2. The molecule has 3 rings (SSSR count). The van der Waals surface area contributed by atoms with Gasteiger partial charge in [0.1, 0.15) is 0 Å². The van der Waals surface area contributed by atoms with Gasteiger partial charge >= 0.3 is 6.03 Å². The van der Waals surface area contributed by atoms with Crippen LogP contribution in [0.15, 0.2) is 29.2 Å². The Morgan fingerprint density at radius 3 is 2.27 bits per heavy atom. The van der Waals surface area contributed by atoms with Gasteiger partial charge in [0.05, 0.1) is 10.9 Å². The summed E-state index contributed by atoms with van der Waals surface area (Å²) < 4.78 is 27.1. The van der Waals surface area contributed by atoms with E-state index in [0.717, 1.165) is 43.7 Å². The van der Waals surface area contributed by atoms with Gasteiger partial charge < -0.3 is 10.6 Å². The fourth-order valence-electron chi connectivity index (χ4n) is 3.94. The monoisotopic (exact) mass is 434 g/mol. The number of nitrogens with zero attached hydrogens (tertiary/aromatic N) is 1. The van der Waals surface area contributed by atoms with Crippen LogP contribution in [0, 0.1) is 33.7 Å². The standard InChI is InChI=1S/C21H32N3O3S.2CH2/c1-17-9-11-20(12-10-17)28(26,27)24-14-13-18(16-24)15-22-21(25)23-19-7-5-3-2-4-6-8-19;;/h9-12,18H,2-8,13-16H2,1H3,(H2,22,23,25);2*1H2. The van der Waals surface area contributed by atoms with Gasteiger partial charge in [0, 0.05) is 19.6 Å². The van der Waals surface area contributed by atoms with Gasteiger partial charge in [-0.1, -0.05) is 64.7 Å². The van der Waals surface area contributed by atoms with E-state index in [2.05, 4.69) is 10.6 Å². The molecule has 7 heteroatoms. The van der Waals surface area contributed by atoms with E-state index in [1.165, 1.54) is 23.6 Å². The van der Waals surface area contributed by atoms with Crippen LogP contribution in [0.3, 0.4) is 0 Å². The molecule has 1 atom stereocenters. The third-order valence-corrected chi connectivity index (χ3v) is 7.59. The maximum absolute atomic E-state index is 12.8. The molecule has 5 radical (unpaired) electrons. The zero-order chi connectivity index (χ0) is 20.0. The molecular weight excluding hydrogens is 398 g/mol. The van der Waals surface area contributed by atoms with Crippen LogP contribution in [-0.4, -0.2) is 38.4 Å². The lowest BCUT2D eigenvalue weighted by Gasteiger charge is -2.21. The predicted octanol–water partition coefficient (Wildman–Crippen LogP) is 4.24. The van der Waals surface area contributed by atoms with E-state index in [9.17, 15) is 13.2 Å². The Labute approximate surface area is 183 Å². The highest BCUT2D eigenvalue weighted by Gasteiger charge is 2.32. The Hall–Kier alpha value is -1.60. The van der Waals surface area contributed by atoms with Crippen LogP contribution in [0.2, 0.25) is 0 Å². The molecule has 1 aromatic carbocycles. The molecular formula is C23H36N3O3S. The first-order chi connectivity index (χ1) is 13.4. The number of benzene rings is 1. The first kappa shape index (κ1) is 26.4. The molecule has 0 aromatic heterocycles. The topological polar surface area (TPSA) is 78.5 Å². The quantitative estimate of drug-likeness (QED) is 0.728. The minimum Gasteiger partial charge on any atom is -0.338 e. The summed E-state index contributed by atoms with van der Waals surface area (Å²) in [7, 11) is -3.46. The van der Waals surface area contributed by atoms with Gasteiger partial charge in [0.15, 0.2) is 0 Å². The van der Waals surface area contributed by atoms with E-state index in [1.54, 1.807) is 12.1 Å². The number of amides is 2. The third-order valence-electron chi connectivity index (χ3n) is 5.71. The number of carbonyl (C=O) groups excluding carboxylic acids is 1. The lowest BCUT2D eigenvalue weighted by molar-refractivity contribution is 0.238. The molecule has 1 aromatic rings. The van der Waals surface area contributed by atoms with Crippen molar-refractivity contribution in [2.45, 2.75) is 63.2 Å². The van der Waals surface area contributed by atoms with Crippen molar-refractivity contribution in [1.29, 1.82) is 0 Å². The molecule has 0 bridgehead atoms. The Balaban J connectivity index is 0.00000225. The minimum absolute atomic E-state index is 0. The van der Waals surface area contributed by atoms with Crippen molar-refractivity contribution in [2.24, 2.45) is 5.92 Å². The van der Waals surface area contributed by atoms with Crippen LogP contribution < -0.4 is 10.6 Å². The Morgan fingerprint density at radius 1 is 1.03 bits per heavy atom. The van der Waals surface area contributed by atoms with Crippen molar-refractivity contribution in [2.75, 3.05) is 19.6 Å². The number of hydrogen-bond donors (Lipinski definition) is 2.